The van der Waals surface area contributed by atoms with E-state index in [1.807, 2.05) is 26.0 Å². The van der Waals surface area contributed by atoms with Crippen LogP contribution in [0.15, 0.2) is 12.1 Å². The molecule has 104 valence electrons. The number of carbonyl (C=O) groups is 1. The molecule has 0 spiro atoms. The standard InChI is InChI=1S/C15H22N2O2/c1-10-7-12(16)8-11(2)15(10)17-14(18)9-13-5-3-4-6-19-13/h7-8,13H,3-6,9,16H2,1-2H3,(H,17,18). The molecule has 1 aliphatic rings. The number of hydrogen-bond acceptors (Lipinski definition) is 3. The number of anilines is 2. The molecule has 0 radical (unpaired) electrons. The molecular weight excluding hydrogens is 240 g/mol. The van der Waals surface area contributed by atoms with Crippen molar-refractivity contribution in [1.82, 2.24) is 0 Å². The summed E-state index contributed by atoms with van der Waals surface area (Å²) in [6.07, 6.45) is 3.74. The zero-order valence-electron chi connectivity index (χ0n) is 11.7. The highest BCUT2D eigenvalue weighted by atomic mass is 16.5. The van der Waals surface area contributed by atoms with Crippen molar-refractivity contribution in [2.75, 3.05) is 17.7 Å². The lowest BCUT2D eigenvalue weighted by atomic mass is 10.0. The van der Waals surface area contributed by atoms with Crippen molar-refractivity contribution in [1.29, 1.82) is 0 Å². The lowest BCUT2D eigenvalue weighted by Crippen LogP contribution is -2.26. The lowest BCUT2D eigenvalue weighted by molar-refractivity contribution is -0.119. The molecule has 1 saturated heterocycles. The fraction of sp³-hybridized carbons (Fsp3) is 0.533. The second-order valence-electron chi connectivity index (χ2n) is 5.27. The number of nitrogen functional groups attached to an aromatic ring is 1. The van der Waals surface area contributed by atoms with E-state index in [-0.39, 0.29) is 12.0 Å². The maximum absolute atomic E-state index is 12.0. The average Bonchev–Trinajstić information content (AvgIpc) is 2.35. The highest BCUT2D eigenvalue weighted by Crippen LogP contribution is 2.24. The van der Waals surface area contributed by atoms with Gasteiger partial charge in [0.05, 0.1) is 12.5 Å². The monoisotopic (exact) mass is 262 g/mol. The maximum atomic E-state index is 12.0. The zero-order valence-corrected chi connectivity index (χ0v) is 11.7. The molecule has 1 heterocycles. The molecule has 1 unspecified atom stereocenters. The SMILES string of the molecule is Cc1cc(N)cc(C)c1NC(=O)CC1CCCCO1. The number of aryl methyl sites for hydroxylation is 2. The van der Waals surface area contributed by atoms with Crippen LogP contribution in [0.4, 0.5) is 11.4 Å². The van der Waals surface area contributed by atoms with Gasteiger partial charge in [-0.1, -0.05) is 0 Å². The van der Waals surface area contributed by atoms with Gasteiger partial charge in [0.2, 0.25) is 5.91 Å². The van der Waals surface area contributed by atoms with Crippen LogP contribution in [0.5, 0.6) is 0 Å². The Morgan fingerprint density at radius 1 is 1.37 bits per heavy atom. The van der Waals surface area contributed by atoms with E-state index < -0.39 is 0 Å². The summed E-state index contributed by atoms with van der Waals surface area (Å²) in [5, 5.41) is 2.98. The second kappa shape index (κ2) is 6.06. The smallest absolute Gasteiger partial charge is 0.227 e. The summed E-state index contributed by atoms with van der Waals surface area (Å²) in [6.45, 7) is 4.68. The summed E-state index contributed by atoms with van der Waals surface area (Å²) >= 11 is 0. The van der Waals surface area contributed by atoms with Gasteiger partial charge >= 0.3 is 0 Å². The fourth-order valence-corrected chi connectivity index (χ4v) is 2.56. The van der Waals surface area contributed by atoms with E-state index in [1.54, 1.807) is 0 Å². The van der Waals surface area contributed by atoms with Crippen LogP contribution in [0, 0.1) is 13.8 Å². The van der Waals surface area contributed by atoms with Crippen LogP contribution in [-0.2, 0) is 9.53 Å². The van der Waals surface area contributed by atoms with E-state index in [0.717, 1.165) is 48.4 Å². The van der Waals surface area contributed by atoms with Crippen LogP contribution >= 0.6 is 0 Å². The predicted octanol–water partition coefficient (Wildman–Crippen LogP) is 2.78. The van der Waals surface area contributed by atoms with Crippen LogP contribution in [-0.4, -0.2) is 18.6 Å². The van der Waals surface area contributed by atoms with E-state index in [0.29, 0.717) is 6.42 Å². The van der Waals surface area contributed by atoms with E-state index in [9.17, 15) is 4.79 Å². The van der Waals surface area contributed by atoms with Gasteiger partial charge < -0.3 is 15.8 Å². The minimum Gasteiger partial charge on any atom is -0.399 e. The highest BCUT2D eigenvalue weighted by Gasteiger charge is 2.18. The van der Waals surface area contributed by atoms with Gasteiger partial charge in [0.25, 0.3) is 0 Å². The summed E-state index contributed by atoms with van der Waals surface area (Å²) in [4.78, 5) is 12.0. The first kappa shape index (κ1) is 13.9. The van der Waals surface area contributed by atoms with Crippen molar-refractivity contribution in [2.24, 2.45) is 0 Å². The van der Waals surface area contributed by atoms with E-state index >= 15 is 0 Å². The molecular formula is C15H22N2O2. The van der Waals surface area contributed by atoms with Crippen LogP contribution in [0.1, 0.15) is 36.8 Å². The quantitative estimate of drug-likeness (QED) is 0.823. The Morgan fingerprint density at radius 3 is 2.63 bits per heavy atom. The lowest BCUT2D eigenvalue weighted by Gasteiger charge is -2.22. The number of amides is 1. The summed E-state index contributed by atoms with van der Waals surface area (Å²) in [7, 11) is 0. The number of rotatable bonds is 3. The molecule has 1 fully saturated rings. The molecule has 0 aliphatic carbocycles. The van der Waals surface area contributed by atoms with Gasteiger partial charge in [-0.15, -0.1) is 0 Å². The number of nitrogens with one attached hydrogen (secondary N) is 1. The predicted molar refractivity (Wildman–Crippen MR) is 77.2 cm³/mol. The molecule has 0 saturated carbocycles. The van der Waals surface area contributed by atoms with E-state index in [1.165, 1.54) is 0 Å². The number of hydrogen-bond donors (Lipinski definition) is 2. The molecule has 2 rings (SSSR count). The van der Waals surface area contributed by atoms with Gasteiger partial charge in [0.1, 0.15) is 0 Å². The van der Waals surface area contributed by atoms with Crippen molar-refractivity contribution >= 4 is 17.3 Å². The molecule has 3 N–H and O–H groups in total. The average molecular weight is 262 g/mol. The minimum absolute atomic E-state index is 0.0165. The third kappa shape index (κ3) is 3.70. The van der Waals surface area contributed by atoms with Gasteiger partial charge in [0, 0.05) is 18.0 Å². The summed E-state index contributed by atoms with van der Waals surface area (Å²) in [5.74, 6) is 0.0165. The zero-order chi connectivity index (χ0) is 13.8. The van der Waals surface area contributed by atoms with Gasteiger partial charge in [-0.25, -0.2) is 0 Å². The van der Waals surface area contributed by atoms with Crippen LogP contribution in [0.2, 0.25) is 0 Å². The first-order chi connectivity index (χ1) is 9.06. The first-order valence-electron chi connectivity index (χ1n) is 6.84. The number of benzene rings is 1. The van der Waals surface area contributed by atoms with Crippen molar-refractivity contribution in [2.45, 2.75) is 45.6 Å². The molecule has 19 heavy (non-hydrogen) atoms. The molecule has 1 atom stereocenters. The van der Waals surface area contributed by atoms with Crippen LogP contribution < -0.4 is 11.1 Å². The highest BCUT2D eigenvalue weighted by molar-refractivity contribution is 5.93. The molecule has 4 nitrogen and oxygen atoms in total. The van der Waals surface area contributed by atoms with E-state index in [2.05, 4.69) is 5.32 Å². The number of carbonyl (C=O) groups excluding carboxylic acids is 1. The van der Waals surface area contributed by atoms with Gasteiger partial charge in [-0.05, 0) is 56.4 Å². The van der Waals surface area contributed by atoms with Crippen molar-refractivity contribution in [3.63, 3.8) is 0 Å². The van der Waals surface area contributed by atoms with Gasteiger partial charge in [-0.2, -0.15) is 0 Å². The first-order valence-corrected chi connectivity index (χ1v) is 6.84. The van der Waals surface area contributed by atoms with Crippen molar-refractivity contribution in [3.05, 3.63) is 23.3 Å². The normalized spacial score (nSPS) is 19.2. The second-order valence-corrected chi connectivity index (χ2v) is 5.27. The summed E-state index contributed by atoms with van der Waals surface area (Å²) in [5.41, 5.74) is 9.36. The Bertz CT molecular complexity index is 442. The Labute approximate surface area is 114 Å². The Balaban J connectivity index is 1.98. The maximum Gasteiger partial charge on any atom is 0.227 e. The Morgan fingerprint density at radius 2 is 2.05 bits per heavy atom. The molecule has 0 bridgehead atoms. The topological polar surface area (TPSA) is 64.3 Å². The molecule has 1 aromatic rings. The molecule has 1 amide bonds. The van der Waals surface area contributed by atoms with Crippen molar-refractivity contribution in [3.8, 4) is 0 Å². The minimum atomic E-state index is 0.0165. The van der Waals surface area contributed by atoms with Crippen LogP contribution in [0.3, 0.4) is 0 Å². The molecule has 1 aromatic carbocycles. The Hall–Kier alpha value is -1.55. The summed E-state index contributed by atoms with van der Waals surface area (Å²) in [6, 6.07) is 3.75. The largest absolute Gasteiger partial charge is 0.399 e. The van der Waals surface area contributed by atoms with Gasteiger partial charge in [0.15, 0.2) is 0 Å². The molecule has 0 aromatic heterocycles. The fourth-order valence-electron chi connectivity index (χ4n) is 2.56. The van der Waals surface area contributed by atoms with Crippen molar-refractivity contribution < 1.29 is 9.53 Å². The third-order valence-electron chi connectivity index (χ3n) is 3.51. The number of ether oxygens (including phenoxy) is 1. The number of nitrogens with two attached hydrogens (primary N) is 1. The van der Waals surface area contributed by atoms with Gasteiger partial charge in [-0.3, -0.25) is 4.79 Å². The third-order valence-corrected chi connectivity index (χ3v) is 3.51. The van der Waals surface area contributed by atoms with Crippen LogP contribution in [0.25, 0.3) is 0 Å². The summed E-state index contributed by atoms with van der Waals surface area (Å²) < 4.78 is 5.59. The molecule has 1 aliphatic heterocycles. The van der Waals surface area contributed by atoms with E-state index in [4.69, 9.17) is 10.5 Å². The molecule has 4 heteroatoms. The Kier molecular flexibility index (Phi) is 4.43.